The molecule has 1 N–H and O–H groups in total. The summed E-state index contributed by atoms with van der Waals surface area (Å²) in [5.74, 6) is 5.97. The smallest absolute Gasteiger partial charge is 0.305 e. The Kier molecular flexibility index (Phi) is 16.7. The number of allylic oxidation sites excluding steroid dienone is 3. The molecular formula is C21H34O3. The van der Waals surface area contributed by atoms with E-state index in [1.54, 1.807) is 12.2 Å². The van der Waals surface area contributed by atoms with Crippen LogP contribution in [0.5, 0.6) is 0 Å². The Labute approximate surface area is 148 Å². The Hall–Kier alpha value is -1.53. The third kappa shape index (κ3) is 16.8. The number of hydrogen-bond donors (Lipinski definition) is 1. The van der Waals surface area contributed by atoms with E-state index in [0.29, 0.717) is 6.42 Å². The van der Waals surface area contributed by atoms with Gasteiger partial charge in [0, 0.05) is 12.8 Å². The second kappa shape index (κ2) is 17.8. The van der Waals surface area contributed by atoms with Crippen LogP contribution in [-0.4, -0.2) is 24.3 Å². The van der Waals surface area contributed by atoms with Gasteiger partial charge in [0.2, 0.25) is 0 Å². The summed E-state index contributed by atoms with van der Waals surface area (Å²) in [4.78, 5) is 10.9. The summed E-state index contributed by atoms with van der Waals surface area (Å²) in [5, 5.41) is 9.69. The standard InChI is InChI=1S/C21H34O3/c1-3-4-14-17-20(22)18-15-12-10-8-6-5-7-9-11-13-16-19-21(23)24-2/h9,11,15,18,20,22H,3-8,13-14,16-17,19H2,1-2H3/b11-9+,18-15+. The van der Waals surface area contributed by atoms with Crippen LogP contribution in [0.15, 0.2) is 24.3 Å². The lowest BCUT2D eigenvalue weighted by molar-refractivity contribution is -0.140. The third-order valence-corrected chi connectivity index (χ3v) is 3.68. The van der Waals surface area contributed by atoms with Crippen LogP contribution in [0, 0.1) is 11.8 Å². The first-order valence-electron chi connectivity index (χ1n) is 9.25. The number of carbonyl (C=O) groups excluding carboxylic acids is 1. The van der Waals surface area contributed by atoms with Crippen molar-refractivity contribution in [2.75, 3.05) is 7.11 Å². The fourth-order valence-corrected chi connectivity index (χ4v) is 2.17. The highest BCUT2D eigenvalue weighted by atomic mass is 16.5. The van der Waals surface area contributed by atoms with E-state index >= 15 is 0 Å². The third-order valence-electron chi connectivity index (χ3n) is 3.68. The zero-order valence-electron chi connectivity index (χ0n) is 15.4. The summed E-state index contributed by atoms with van der Waals surface area (Å²) >= 11 is 0. The van der Waals surface area contributed by atoms with Gasteiger partial charge in [-0.15, -0.1) is 0 Å². The van der Waals surface area contributed by atoms with Crippen molar-refractivity contribution in [2.45, 2.75) is 83.7 Å². The van der Waals surface area contributed by atoms with Crippen molar-refractivity contribution >= 4 is 5.97 Å². The predicted octanol–water partition coefficient (Wildman–Crippen LogP) is 4.95. The summed E-state index contributed by atoms with van der Waals surface area (Å²) in [6, 6.07) is 0. The highest BCUT2D eigenvalue weighted by Gasteiger charge is 1.97. The Balaban J connectivity index is 3.48. The van der Waals surface area contributed by atoms with Crippen molar-refractivity contribution in [3.8, 4) is 11.8 Å². The number of hydrogen-bond acceptors (Lipinski definition) is 3. The molecule has 0 spiro atoms. The molecule has 0 rings (SSSR count). The van der Waals surface area contributed by atoms with Gasteiger partial charge in [-0.3, -0.25) is 4.79 Å². The molecule has 0 radical (unpaired) electrons. The monoisotopic (exact) mass is 334 g/mol. The molecule has 0 amide bonds. The minimum absolute atomic E-state index is 0.135. The number of carbonyl (C=O) groups is 1. The highest BCUT2D eigenvalue weighted by molar-refractivity contribution is 5.69. The van der Waals surface area contributed by atoms with Gasteiger partial charge < -0.3 is 9.84 Å². The SMILES string of the molecule is CCCCCC(O)/C=C/C#CCCCC/C=C/CCCC(=O)OC. The zero-order valence-corrected chi connectivity index (χ0v) is 15.4. The molecule has 0 heterocycles. The molecule has 0 bridgehead atoms. The number of methoxy groups -OCH3 is 1. The minimum atomic E-state index is -0.352. The van der Waals surface area contributed by atoms with Gasteiger partial charge in [0.25, 0.3) is 0 Å². The molecule has 0 aliphatic carbocycles. The van der Waals surface area contributed by atoms with Crippen LogP contribution in [0.25, 0.3) is 0 Å². The Bertz CT molecular complexity index is 413. The van der Waals surface area contributed by atoms with E-state index in [1.165, 1.54) is 20.0 Å². The average molecular weight is 335 g/mol. The number of esters is 1. The van der Waals surface area contributed by atoms with Crippen LogP contribution >= 0.6 is 0 Å². The number of ether oxygens (including phenoxy) is 1. The van der Waals surface area contributed by atoms with Gasteiger partial charge >= 0.3 is 5.97 Å². The minimum Gasteiger partial charge on any atom is -0.469 e. The molecule has 0 aromatic carbocycles. The molecule has 0 aromatic heterocycles. The van der Waals surface area contributed by atoms with E-state index in [0.717, 1.165) is 51.4 Å². The zero-order chi connectivity index (χ0) is 17.9. The molecule has 3 heteroatoms. The van der Waals surface area contributed by atoms with Crippen LogP contribution < -0.4 is 0 Å². The molecule has 136 valence electrons. The van der Waals surface area contributed by atoms with Gasteiger partial charge in [-0.05, 0) is 50.7 Å². The summed E-state index contributed by atoms with van der Waals surface area (Å²) in [5.41, 5.74) is 0. The van der Waals surface area contributed by atoms with Crippen molar-refractivity contribution in [3.05, 3.63) is 24.3 Å². The summed E-state index contributed by atoms with van der Waals surface area (Å²) < 4.78 is 4.59. The second-order valence-electron chi connectivity index (χ2n) is 5.93. The number of aliphatic hydroxyl groups is 1. The molecule has 1 unspecified atom stereocenters. The lowest BCUT2D eigenvalue weighted by atomic mass is 10.1. The largest absolute Gasteiger partial charge is 0.469 e. The molecule has 0 saturated heterocycles. The summed E-state index contributed by atoms with van der Waals surface area (Å²) in [6.45, 7) is 2.16. The number of unbranched alkanes of at least 4 members (excludes halogenated alkanes) is 6. The van der Waals surface area contributed by atoms with E-state index in [4.69, 9.17) is 0 Å². The van der Waals surface area contributed by atoms with Crippen molar-refractivity contribution in [1.82, 2.24) is 0 Å². The molecule has 0 aliphatic heterocycles. The molecule has 0 saturated carbocycles. The van der Waals surface area contributed by atoms with E-state index in [2.05, 4.69) is 35.7 Å². The first-order chi connectivity index (χ1) is 11.7. The van der Waals surface area contributed by atoms with Crippen molar-refractivity contribution in [2.24, 2.45) is 0 Å². The Morgan fingerprint density at radius 3 is 2.58 bits per heavy atom. The van der Waals surface area contributed by atoms with Gasteiger partial charge in [-0.25, -0.2) is 0 Å². The van der Waals surface area contributed by atoms with Crippen LogP contribution in [0.4, 0.5) is 0 Å². The molecule has 0 aliphatic rings. The lowest BCUT2D eigenvalue weighted by Gasteiger charge is -2.02. The van der Waals surface area contributed by atoms with Gasteiger partial charge in [0.15, 0.2) is 0 Å². The van der Waals surface area contributed by atoms with E-state index in [1.807, 2.05) is 0 Å². The molecule has 0 fully saturated rings. The Morgan fingerprint density at radius 1 is 1.12 bits per heavy atom. The van der Waals surface area contributed by atoms with Gasteiger partial charge in [-0.2, -0.15) is 0 Å². The van der Waals surface area contributed by atoms with Crippen LogP contribution in [-0.2, 0) is 9.53 Å². The molecule has 3 nitrogen and oxygen atoms in total. The number of aliphatic hydroxyl groups excluding tert-OH is 1. The quantitative estimate of drug-likeness (QED) is 0.224. The van der Waals surface area contributed by atoms with Crippen molar-refractivity contribution < 1.29 is 14.6 Å². The van der Waals surface area contributed by atoms with Crippen LogP contribution in [0.2, 0.25) is 0 Å². The maximum absolute atomic E-state index is 10.9. The normalized spacial score (nSPS) is 12.3. The molecule has 24 heavy (non-hydrogen) atoms. The van der Waals surface area contributed by atoms with E-state index < -0.39 is 0 Å². The lowest BCUT2D eigenvalue weighted by Crippen LogP contribution is -2.00. The van der Waals surface area contributed by atoms with Crippen LogP contribution in [0.3, 0.4) is 0 Å². The topological polar surface area (TPSA) is 46.5 Å². The fourth-order valence-electron chi connectivity index (χ4n) is 2.17. The maximum atomic E-state index is 10.9. The fraction of sp³-hybridized carbons (Fsp3) is 0.667. The first-order valence-corrected chi connectivity index (χ1v) is 9.25. The van der Waals surface area contributed by atoms with Gasteiger partial charge in [0.05, 0.1) is 13.2 Å². The van der Waals surface area contributed by atoms with Gasteiger partial charge in [-0.1, -0.05) is 50.2 Å². The maximum Gasteiger partial charge on any atom is 0.305 e. The first kappa shape index (κ1) is 22.5. The van der Waals surface area contributed by atoms with Crippen molar-refractivity contribution in [3.63, 3.8) is 0 Å². The predicted molar refractivity (Wildman–Crippen MR) is 101 cm³/mol. The second-order valence-corrected chi connectivity index (χ2v) is 5.93. The molecule has 0 aromatic rings. The van der Waals surface area contributed by atoms with E-state index in [-0.39, 0.29) is 12.1 Å². The van der Waals surface area contributed by atoms with Gasteiger partial charge in [0.1, 0.15) is 0 Å². The Morgan fingerprint density at radius 2 is 1.88 bits per heavy atom. The summed E-state index contributed by atoms with van der Waals surface area (Å²) in [7, 11) is 1.42. The van der Waals surface area contributed by atoms with Crippen molar-refractivity contribution in [1.29, 1.82) is 0 Å². The average Bonchev–Trinajstić information content (AvgIpc) is 2.58. The summed E-state index contributed by atoms with van der Waals surface area (Å²) in [6.07, 6.45) is 18.2. The molecule has 1 atom stereocenters. The van der Waals surface area contributed by atoms with Crippen LogP contribution in [0.1, 0.15) is 77.6 Å². The van der Waals surface area contributed by atoms with E-state index in [9.17, 15) is 9.90 Å². The number of rotatable bonds is 13. The highest BCUT2D eigenvalue weighted by Crippen LogP contribution is 2.04. The molecular weight excluding hydrogens is 300 g/mol.